The first-order valence-electron chi connectivity index (χ1n) is 6.37. The summed E-state index contributed by atoms with van der Waals surface area (Å²) in [5, 5.41) is 9.58. The summed E-state index contributed by atoms with van der Waals surface area (Å²) in [5.74, 6) is -1.10. The Morgan fingerprint density at radius 3 is 2.65 bits per heavy atom. The van der Waals surface area contributed by atoms with Gasteiger partial charge in [-0.3, -0.25) is 4.79 Å². The fraction of sp³-hybridized carbons (Fsp3) is 0.462. The van der Waals surface area contributed by atoms with Gasteiger partial charge in [-0.25, -0.2) is 8.42 Å². The molecule has 110 valence electrons. The van der Waals surface area contributed by atoms with E-state index in [2.05, 4.69) is 0 Å². The molecule has 0 bridgehead atoms. The molecule has 0 saturated carbocycles. The second kappa shape index (κ2) is 5.35. The summed E-state index contributed by atoms with van der Waals surface area (Å²) in [7, 11) is -3.91. The summed E-state index contributed by atoms with van der Waals surface area (Å²) < 4.78 is 26.5. The molecule has 1 saturated heterocycles. The van der Waals surface area contributed by atoms with E-state index in [0.717, 1.165) is 4.31 Å². The Labute approximate surface area is 123 Å². The van der Waals surface area contributed by atoms with Gasteiger partial charge in [-0.1, -0.05) is 30.7 Å². The first-order valence-corrected chi connectivity index (χ1v) is 8.19. The van der Waals surface area contributed by atoms with Gasteiger partial charge in [0.25, 0.3) is 0 Å². The molecule has 5 nitrogen and oxygen atoms in total. The minimum absolute atomic E-state index is 0.0392. The summed E-state index contributed by atoms with van der Waals surface area (Å²) in [6, 6.07) is 6.09. The van der Waals surface area contributed by atoms with E-state index in [4.69, 9.17) is 11.6 Å². The van der Waals surface area contributed by atoms with Crippen LogP contribution in [0.3, 0.4) is 0 Å². The van der Waals surface area contributed by atoms with Crippen LogP contribution in [0.4, 0.5) is 0 Å². The van der Waals surface area contributed by atoms with Crippen molar-refractivity contribution in [3.63, 3.8) is 0 Å². The maximum atomic E-state index is 12.7. The zero-order chi connectivity index (χ0) is 15.0. The number of sulfonamides is 1. The van der Waals surface area contributed by atoms with Crippen LogP contribution in [0, 0.1) is 0 Å². The molecular weight excluding hydrogens is 302 g/mol. The maximum absolute atomic E-state index is 12.7. The van der Waals surface area contributed by atoms with Crippen LogP contribution in [0.5, 0.6) is 0 Å². The number of rotatable bonds is 4. The number of carboxylic acid groups (broad SMARTS) is 1. The van der Waals surface area contributed by atoms with Crippen LogP contribution in [-0.2, 0) is 14.8 Å². The fourth-order valence-electron chi connectivity index (χ4n) is 2.69. The summed E-state index contributed by atoms with van der Waals surface area (Å²) in [4.78, 5) is 11.5. The van der Waals surface area contributed by atoms with Gasteiger partial charge in [-0.15, -0.1) is 0 Å². The molecule has 0 aromatic heterocycles. The molecule has 1 aliphatic rings. The lowest BCUT2D eigenvalue weighted by Crippen LogP contribution is -2.52. The molecule has 0 spiro atoms. The third kappa shape index (κ3) is 2.21. The monoisotopic (exact) mass is 317 g/mol. The highest BCUT2D eigenvalue weighted by atomic mass is 35.5. The summed E-state index contributed by atoms with van der Waals surface area (Å²) in [6.45, 7) is 1.89. The number of halogens is 1. The van der Waals surface area contributed by atoms with Crippen LogP contribution in [0.2, 0.25) is 5.02 Å². The molecular formula is C13H16ClNO4S. The highest BCUT2D eigenvalue weighted by molar-refractivity contribution is 7.89. The number of carbonyl (C=O) groups is 1. The normalized spacial score (nSPS) is 23.9. The fourth-order valence-corrected chi connectivity index (χ4v) is 5.05. The van der Waals surface area contributed by atoms with Crippen molar-refractivity contribution in [1.29, 1.82) is 0 Å². The molecule has 20 heavy (non-hydrogen) atoms. The number of hydrogen-bond acceptors (Lipinski definition) is 3. The average Bonchev–Trinajstić information content (AvgIpc) is 2.84. The van der Waals surface area contributed by atoms with Gasteiger partial charge in [-0.2, -0.15) is 4.31 Å². The van der Waals surface area contributed by atoms with Gasteiger partial charge in [-0.05, 0) is 31.4 Å². The maximum Gasteiger partial charge on any atom is 0.325 e. The minimum Gasteiger partial charge on any atom is -0.480 e. The standard InChI is InChI=1S/C13H16ClNO4S/c1-2-13(12(16)17)8-5-9-15(13)20(18,19)11-7-4-3-6-10(11)14/h3-4,6-7H,2,5,8-9H2,1H3,(H,16,17). The lowest BCUT2D eigenvalue weighted by molar-refractivity contribution is -0.147. The van der Waals surface area contributed by atoms with Crippen molar-refractivity contribution in [2.24, 2.45) is 0 Å². The van der Waals surface area contributed by atoms with Crippen molar-refractivity contribution in [3.8, 4) is 0 Å². The topological polar surface area (TPSA) is 74.7 Å². The summed E-state index contributed by atoms with van der Waals surface area (Å²) >= 11 is 5.95. The predicted molar refractivity (Wildman–Crippen MR) is 75.2 cm³/mol. The Morgan fingerprint density at radius 1 is 1.45 bits per heavy atom. The van der Waals surface area contributed by atoms with Crippen LogP contribution in [0.25, 0.3) is 0 Å². The Bertz CT molecular complexity index is 631. The Kier molecular flexibility index (Phi) is 4.09. The lowest BCUT2D eigenvalue weighted by Gasteiger charge is -2.33. The molecule has 2 rings (SSSR count). The van der Waals surface area contributed by atoms with Crippen LogP contribution in [0.1, 0.15) is 26.2 Å². The average molecular weight is 318 g/mol. The van der Waals surface area contributed by atoms with Crippen LogP contribution < -0.4 is 0 Å². The zero-order valence-electron chi connectivity index (χ0n) is 11.0. The number of carboxylic acids is 1. The molecule has 1 aromatic rings. The van der Waals surface area contributed by atoms with Gasteiger partial charge in [0, 0.05) is 6.54 Å². The minimum atomic E-state index is -3.91. The van der Waals surface area contributed by atoms with Crippen molar-refractivity contribution < 1.29 is 18.3 Å². The predicted octanol–water partition coefficient (Wildman–Crippen LogP) is 2.36. The molecule has 1 fully saturated rings. The molecule has 7 heteroatoms. The van der Waals surface area contributed by atoms with E-state index in [1.165, 1.54) is 12.1 Å². The third-order valence-electron chi connectivity index (χ3n) is 3.82. The number of nitrogens with zero attached hydrogens (tertiary/aromatic N) is 1. The molecule has 1 heterocycles. The summed E-state index contributed by atoms with van der Waals surface area (Å²) in [6.07, 6.45) is 1.08. The Morgan fingerprint density at radius 2 is 2.10 bits per heavy atom. The molecule has 1 atom stereocenters. The van der Waals surface area contributed by atoms with Crippen LogP contribution in [0.15, 0.2) is 29.2 Å². The number of hydrogen-bond donors (Lipinski definition) is 1. The van der Waals surface area contributed by atoms with E-state index in [9.17, 15) is 18.3 Å². The van der Waals surface area contributed by atoms with E-state index < -0.39 is 21.5 Å². The number of benzene rings is 1. The van der Waals surface area contributed by atoms with E-state index in [-0.39, 0.29) is 22.9 Å². The van der Waals surface area contributed by atoms with Gasteiger partial charge in [0.2, 0.25) is 10.0 Å². The quantitative estimate of drug-likeness (QED) is 0.925. The number of aliphatic carboxylic acids is 1. The van der Waals surface area contributed by atoms with E-state index in [1.807, 2.05) is 0 Å². The van der Waals surface area contributed by atoms with Crippen molar-refractivity contribution in [3.05, 3.63) is 29.3 Å². The first-order chi connectivity index (χ1) is 9.36. The molecule has 1 aliphatic heterocycles. The largest absolute Gasteiger partial charge is 0.480 e. The molecule has 1 unspecified atom stereocenters. The zero-order valence-corrected chi connectivity index (χ0v) is 12.6. The van der Waals surface area contributed by atoms with Gasteiger partial charge in [0.1, 0.15) is 10.4 Å². The second-order valence-electron chi connectivity index (χ2n) is 4.80. The van der Waals surface area contributed by atoms with E-state index in [0.29, 0.717) is 12.8 Å². The smallest absolute Gasteiger partial charge is 0.325 e. The SMILES string of the molecule is CCC1(C(=O)O)CCCN1S(=O)(=O)c1ccccc1Cl. The van der Waals surface area contributed by atoms with Gasteiger partial charge in [0.15, 0.2) is 0 Å². The molecule has 0 amide bonds. The summed E-state index contributed by atoms with van der Waals surface area (Å²) in [5.41, 5.74) is -1.36. The van der Waals surface area contributed by atoms with Crippen LogP contribution >= 0.6 is 11.6 Å². The highest BCUT2D eigenvalue weighted by Crippen LogP contribution is 2.38. The first kappa shape index (κ1) is 15.3. The van der Waals surface area contributed by atoms with Crippen molar-refractivity contribution in [1.82, 2.24) is 4.31 Å². The second-order valence-corrected chi connectivity index (χ2v) is 7.04. The molecule has 0 radical (unpaired) electrons. The van der Waals surface area contributed by atoms with E-state index in [1.54, 1.807) is 19.1 Å². The molecule has 0 aliphatic carbocycles. The van der Waals surface area contributed by atoms with Crippen molar-refractivity contribution in [2.75, 3.05) is 6.54 Å². The van der Waals surface area contributed by atoms with Crippen molar-refractivity contribution in [2.45, 2.75) is 36.6 Å². The van der Waals surface area contributed by atoms with Gasteiger partial charge in [0.05, 0.1) is 5.02 Å². The van der Waals surface area contributed by atoms with Crippen molar-refractivity contribution >= 4 is 27.6 Å². The van der Waals surface area contributed by atoms with Crippen LogP contribution in [-0.4, -0.2) is 35.9 Å². The molecule has 1 N–H and O–H groups in total. The highest BCUT2D eigenvalue weighted by Gasteiger charge is 2.52. The Balaban J connectivity index is 2.55. The van der Waals surface area contributed by atoms with E-state index >= 15 is 0 Å². The van der Waals surface area contributed by atoms with Gasteiger partial charge >= 0.3 is 5.97 Å². The Hall–Kier alpha value is -1.11. The lowest BCUT2D eigenvalue weighted by atomic mass is 9.95. The molecule has 1 aromatic carbocycles. The third-order valence-corrected chi connectivity index (χ3v) is 6.28. The van der Waals surface area contributed by atoms with Gasteiger partial charge < -0.3 is 5.11 Å².